The predicted octanol–water partition coefficient (Wildman–Crippen LogP) is -1.71. The number of hydrogen-bond donors (Lipinski definition) is 3. The molecule has 4 aliphatic carbocycles. The minimum atomic E-state index is -0.998. The van der Waals surface area contributed by atoms with Crippen LogP contribution in [0, 0.1) is 46.3 Å². The molecule has 11 atom stereocenters. The zero-order chi connectivity index (χ0) is 23.8. The molecule has 3 unspecified atom stereocenters. The number of carboxylic acids is 1. The number of hydrogen-bond acceptors (Lipinski definition) is 5. The fraction of sp³-hybridized carbons (Fsp3) is 0.958. The molecule has 0 spiro atoms. The molecule has 31 heavy (non-hydrogen) atoms. The van der Waals surface area contributed by atoms with Gasteiger partial charge in [-0.25, -0.2) is 0 Å². The molecule has 4 aliphatic rings. The molecule has 0 aromatic heterocycles. The fourth-order valence-corrected chi connectivity index (χ4v) is 8.68. The Morgan fingerprint density at radius 1 is 1.16 bits per heavy atom. The smallest absolute Gasteiger partial charge is 0.550 e. The van der Waals surface area contributed by atoms with Gasteiger partial charge < -0.3 is 30.7 Å². The van der Waals surface area contributed by atoms with Crippen LogP contribution in [-0.2, 0) is 4.79 Å². The minimum Gasteiger partial charge on any atom is -0.550 e. The number of aliphatic carboxylic acids is 1. The molecule has 0 aromatic rings. The van der Waals surface area contributed by atoms with Crippen LogP contribution in [0.4, 0.5) is 0 Å². The van der Waals surface area contributed by atoms with E-state index in [2.05, 4.69) is 26.3 Å². The summed E-state index contributed by atoms with van der Waals surface area (Å²) < 4.78 is 10.8. The van der Waals surface area contributed by atoms with Gasteiger partial charge in [-0.2, -0.15) is 0 Å². The second-order valence-electron chi connectivity index (χ2n) is 11.4. The Labute approximate surface area is 211 Å². The van der Waals surface area contributed by atoms with Crippen LogP contribution < -0.4 is 34.7 Å². The maximum absolute atomic E-state index is 11.5. The predicted molar refractivity (Wildman–Crippen MR) is 111 cm³/mol. The molecule has 0 saturated heterocycles. The number of carbonyl (C=O) groups is 1. The number of aliphatic hydroxyl groups is 3. The van der Waals surface area contributed by atoms with E-state index in [0.717, 1.165) is 44.9 Å². The number of carbonyl (C=O) groups excluding carboxylic acids is 1. The van der Waals surface area contributed by atoms with Crippen LogP contribution in [0.25, 0.3) is 0 Å². The Kier molecular flexibility index (Phi) is 7.80. The Bertz CT molecular complexity index is 671. The first-order valence-corrected chi connectivity index (χ1v) is 11.8. The van der Waals surface area contributed by atoms with E-state index in [9.17, 15) is 25.2 Å². The summed E-state index contributed by atoms with van der Waals surface area (Å²) in [4.78, 5) is 11.0. The van der Waals surface area contributed by atoms with Crippen molar-refractivity contribution in [3.8, 4) is 0 Å². The van der Waals surface area contributed by atoms with Crippen LogP contribution in [0.2, 0.25) is 0 Å². The van der Waals surface area contributed by atoms with E-state index in [1.807, 2.05) is 0 Å². The van der Waals surface area contributed by atoms with Crippen molar-refractivity contribution in [3.63, 3.8) is 0 Å². The first-order valence-electron chi connectivity index (χ1n) is 12.6. The standard InChI is InChI=1S/C24H40O5.Na.H2O/c1-13(4-7-21(28)29)16-5-6-17-22-18(12-20(27)24(16,17)3)23(2)9-8-15(25)10-14(23)11-19(22)26;;/h13-20,22,25-27H,4-12H2,1-3H3,(H,28,29);;1H2/q;+1;/p-1/t13-,14+,15-,16-,17?,18?,19-,20+,22?,23+,24-;;/m1../s1/i/hD2. The van der Waals surface area contributed by atoms with Gasteiger partial charge in [0.25, 0.3) is 0 Å². The van der Waals surface area contributed by atoms with E-state index in [0.29, 0.717) is 18.3 Å². The second kappa shape index (κ2) is 9.89. The number of fused-ring (bicyclic) bond motifs is 5. The van der Waals surface area contributed by atoms with E-state index < -0.39 is 12.1 Å². The molecule has 4 fully saturated rings. The zero-order valence-corrected chi connectivity index (χ0v) is 21.6. The number of rotatable bonds is 4. The van der Waals surface area contributed by atoms with Crippen molar-refractivity contribution in [2.75, 3.05) is 0 Å². The quantitative estimate of drug-likeness (QED) is 0.439. The van der Waals surface area contributed by atoms with Gasteiger partial charge in [0.1, 0.15) is 0 Å². The molecule has 0 heterocycles. The van der Waals surface area contributed by atoms with E-state index in [1.165, 1.54) is 0 Å². The maximum Gasteiger partial charge on any atom is 1.00 e. The van der Waals surface area contributed by atoms with Gasteiger partial charge >= 0.3 is 29.6 Å². The molecule has 0 radical (unpaired) electrons. The Morgan fingerprint density at radius 3 is 2.48 bits per heavy atom. The largest absolute Gasteiger partial charge is 1.00 e. The van der Waals surface area contributed by atoms with E-state index in [1.54, 1.807) is 0 Å². The first kappa shape index (κ1) is 24.4. The van der Waals surface area contributed by atoms with Gasteiger partial charge in [-0.15, -0.1) is 0 Å². The fourth-order valence-electron chi connectivity index (χ4n) is 8.68. The van der Waals surface area contributed by atoms with Crippen LogP contribution >= 0.6 is 0 Å². The molecule has 0 bridgehead atoms. The van der Waals surface area contributed by atoms with Crippen LogP contribution in [0.1, 0.15) is 78.6 Å². The Morgan fingerprint density at radius 2 is 1.84 bits per heavy atom. The van der Waals surface area contributed by atoms with Crippen molar-refractivity contribution >= 4 is 5.97 Å². The summed E-state index contributed by atoms with van der Waals surface area (Å²) in [6.07, 6.45) is 5.72. The Balaban J connectivity index is 0.000000914. The van der Waals surface area contributed by atoms with Gasteiger partial charge in [0.15, 0.2) is 0 Å². The molecule has 0 aliphatic heterocycles. The van der Waals surface area contributed by atoms with Crippen molar-refractivity contribution in [1.82, 2.24) is 0 Å². The molecule has 5 N–H and O–H groups in total. The van der Waals surface area contributed by atoms with Crippen molar-refractivity contribution in [2.24, 2.45) is 46.3 Å². The van der Waals surface area contributed by atoms with Gasteiger partial charge in [0, 0.05) is 5.97 Å². The van der Waals surface area contributed by atoms with Crippen LogP contribution in [0.5, 0.6) is 0 Å². The monoisotopic (exact) mass is 450 g/mol. The van der Waals surface area contributed by atoms with Crippen molar-refractivity contribution in [2.45, 2.75) is 96.9 Å². The third kappa shape index (κ3) is 4.40. The normalized spacial score (nSPS) is 50.1. The topological polar surface area (TPSA) is 132 Å². The van der Waals surface area contributed by atoms with Crippen LogP contribution in [-0.4, -0.2) is 47.9 Å². The van der Waals surface area contributed by atoms with Crippen molar-refractivity contribution in [1.29, 1.82) is 2.86 Å². The molecule has 7 heteroatoms. The molecule has 174 valence electrons. The maximum atomic E-state index is 11.5. The second-order valence-corrected chi connectivity index (χ2v) is 11.4. The average molecular weight is 451 g/mol. The first-order chi connectivity index (χ1) is 15.0. The molecule has 4 rings (SSSR count). The van der Waals surface area contributed by atoms with Crippen LogP contribution in [0.15, 0.2) is 0 Å². The summed E-state index contributed by atoms with van der Waals surface area (Å²) in [5.74, 6) is 0.635. The third-order valence-electron chi connectivity index (χ3n) is 10.3. The van der Waals surface area contributed by atoms with Crippen LogP contribution in [0.3, 0.4) is 0 Å². The van der Waals surface area contributed by atoms with E-state index in [4.69, 9.17) is 2.86 Å². The molecule has 6 nitrogen and oxygen atoms in total. The van der Waals surface area contributed by atoms with Gasteiger partial charge in [0.2, 0.25) is 2.86 Å². The summed E-state index contributed by atoms with van der Waals surface area (Å²) in [5, 5.41) is 43.9. The molecule has 0 aromatic carbocycles. The van der Waals surface area contributed by atoms with Gasteiger partial charge in [0.05, 0.1) is 18.3 Å². The summed E-state index contributed by atoms with van der Waals surface area (Å²) in [6, 6.07) is 0. The van der Waals surface area contributed by atoms with Gasteiger partial charge in [-0.3, -0.25) is 0 Å². The van der Waals surface area contributed by atoms with Gasteiger partial charge in [-0.1, -0.05) is 20.8 Å². The number of carboxylic acid groups (broad SMARTS) is 1. The molecule has 4 saturated carbocycles. The van der Waals surface area contributed by atoms with Crippen molar-refractivity contribution in [3.05, 3.63) is 0 Å². The average Bonchev–Trinajstić information content (AvgIpc) is 3.07. The van der Waals surface area contributed by atoms with Gasteiger partial charge in [-0.05, 0) is 104 Å². The van der Waals surface area contributed by atoms with Crippen molar-refractivity contribution < 1.29 is 60.3 Å². The molecular formula is C24H41NaO6. The zero-order valence-electron chi connectivity index (χ0n) is 21.6. The third-order valence-corrected chi connectivity index (χ3v) is 10.3. The summed E-state index contributed by atoms with van der Waals surface area (Å²) in [7, 11) is 0. The molecule has 0 amide bonds. The summed E-state index contributed by atoms with van der Waals surface area (Å²) in [6.45, 7) is 6.67. The van der Waals surface area contributed by atoms with E-state index in [-0.39, 0.29) is 82.7 Å². The van der Waals surface area contributed by atoms with E-state index >= 15 is 0 Å². The SMILES string of the molecule is C[C@H](CCC(=O)[O-])[C@H]1CCC2C3C(C[C@H](O)[C@@]21C)[C@@]1(C)CC[C@@H](O)C[C@H]1C[C@H]3O.[2H]O[2H].[Na+]. The minimum absolute atomic E-state index is 0. The number of aliphatic hydroxyl groups excluding tert-OH is 3. The summed E-state index contributed by atoms with van der Waals surface area (Å²) in [5.41, 5.74) is 2.58. The molecular weight excluding hydrogens is 407 g/mol. The summed E-state index contributed by atoms with van der Waals surface area (Å²) >= 11 is 0. The Hall–Kier alpha value is 0.310.